The molecule has 0 spiro atoms. The summed E-state index contributed by atoms with van der Waals surface area (Å²) in [6, 6.07) is 2.29. The second kappa shape index (κ2) is 2.59. The van der Waals surface area contributed by atoms with Gasteiger partial charge in [-0.25, -0.2) is 0 Å². The van der Waals surface area contributed by atoms with Gasteiger partial charge in [0.05, 0.1) is 17.2 Å². The van der Waals surface area contributed by atoms with Crippen molar-refractivity contribution in [2.75, 3.05) is 0 Å². The summed E-state index contributed by atoms with van der Waals surface area (Å²) in [5.74, 6) is 0. The molecule has 0 bridgehead atoms. The maximum absolute atomic E-state index is 8.99. The van der Waals surface area contributed by atoms with Crippen molar-refractivity contribution in [2.24, 2.45) is 0 Å². The largest absolute Gasteiger partial charge is 0.282 e. The van der Waals surface area contributed by atoms with Crippen molar-refractivity contribution >= 4 is 0 Å². The van der Waals surface area contributed by atoms with Gasteiger partial charge in [-0.15, -0.1) is 0 Å². The third-order valence-corrected chi connectivity index (χ3v) is 2.68. The van der Waals surface area contributed by atoms with Gasteiger partial charge in [0.15, 0.2) is 0 Å². The minimum atomic E-state index is -0.450. The smallest absolute Gasteiger partial charge is 0.0958 e. The van der Waals surface area contributed by atoms with Crippen LogP contribution in [0, 0.1) is 11.3 Å². The fraction of sp³-hybridized carbons (Fsp3) is 0.600. The van der Waals surface area contributed by atoms with E-state index in [1.54, 1.807) is 0 Å². The highest BCUT2D eigenvalue weighted by Gasteiger charge is 2.29. The highest BCUT2D eigenvalue weighted by atomic mass is 15.1. The number of rotatable bonds is 1. The predicted molar refractivity (Wildman–Crippen MR) is 49.3 cm³/mol. The summed E-state index contributed by atoms with van der Waals surface area (Å²) < 4.78 is 0. The Morgan fingerprint density at radius 3 is 2.92 bits per heavy atom. The Labute approximate surface area is 77.8 Å². The molecule has 1 aliphatic rings. The Morgan fingerprint density at radius 1 is 1.46 bits per heavy atom. The van der Waals surface area contributed by atoms with Crippen molar-refractivity contribution in [3.63, 3.8) is 0 Å². The molecule has 3 heteroatoms. The lowest BCUT2D eigenvalue weighted by Crippen LogP contribution is -2.16. The Bertz CT molecular complexity index is 368. The third kappa shape index (κ3) is 1.14. The van der Waals surface area contributed by atoms with Crippen LogP contribution < -0.4 is 0 Å². The van der Waals surface area contributed by atoms with Crippen molar-refractivity contribution in [1.29, 1.82) is 5.26 Å². The normalized spacial score (nSPS) is 15.5. The number of nitrogens with zero attached hydrogens (tertiary/aromatic N) is 2. The van der Waals surface area contributed by atoms with E-state index in [0.717, 1.165) is 18.5 Å². The molecular formula is C10H13N3. The number of nitriles is 1. The zero-order valence-corrected chi connectivity index (χ0v) is 8.02. The molecule has 1 N–H and O–H groups in total. The average molecular weight is 175 g/mol. The SMILES string of the molecule is CC(C)(C#N)c1n[nH]c2c1CCC2. The van der Waals surface area contributed by atoms with E-state index in [1.165, 1.54) is 17.7 Å². The molecule has 13 heavy (non-hydrogen) atoms. The Balaban J connectivity index is 2.49. The van der Waals surface area contributed by atoms with E-state index in [0.29, 0.717) is 0 Å². The second-order valence-electron chi connectivity index (χ2n) is 4.12. The van der Waals surface area contributed by atoms with Crippen LogP contribution in [0.3, 0.4) is 0 Å². The number of H-pyrrole nitrogens is 1. The average Bonchev–Trinajstić information content (AvgIpc) is 2.62. The van der Waals surface area contributed by atoms with Crippen LogP contribution in [0.15, 0.2) is 0 Å². The molecule has 68 valence electrons. The first kappa shape index (κ1) is 8.31. The minimum absolute atomic E-state index is 0.450. The van der Waals surface area contributed by atoms with Gasteiger partial charge < -0.3 is 0 Å². The van der Waals surface area contributed by atoms with Gasteiger partial charge in [-0.1, -0.05) is 0 Å². The molecular weight excluding hydrogens is 162 g/mol. The molecule has 0 amide bonds. The fourth-order valence-electron chi connectivity index (χ4n) is 1.89. The number of aromatic nitrogens is 2. The van der Waals surface area contributed by atoms with E-state index in [9.17, 15) is 0 Å². The number of hydrogen-bond donors (Lipinski definition) is 1. The van der Waals surface area contributed by atoms with Crippen LogP contribution in [0.2, 0.25) is 0 Å². The first-order valence-electron chi connectivity index (χ1n) is 4.63. The summed E-state index contributed by atoms with van der Waals surface area (Å²) >= 11 is 0. The molecule has 0 saturated carbocycles. The standard InChI is InChI=1S/C10H13N3/c1-10(2,6-11)9-7-4-3-5-8(7)12-13-9/h3-5H2,1-2H3,(H,12,13). The highest BCUT2D eigenvalue weighted by molar-refractivity contribution is 5.37. The van der Waals surface area contributed by atoms with Gasteiger partial charge in [0.25, 0.3) is 0 Å². The van der Waals surface area contributed by atoms with Crippen LogP contribution in [0.5, 0.6) is 0 Å². The lowest BCUT2D eigenvalue weighted by Gasteiger charge is -2.13. The predicted octanol–water partition coefficient (Wildman–Crippen LogP) is 1.70. The van der Waals surface area contributed by atoms with E-state index in [-0.39, 0.29) is 0 Å². The van der Waals surface area contributed by atoms with E-state index in [2.05, 4.69) is 16.3 Å². The molecule has 0 saturated heterocycles. The lowest BCUT2D eigenvalue weighted by atomic mass is 9.88. The van der Waals surface area contributed by atoms with Crippen LogP contribution in [0.25, 0.3) is 0 Å². The number of hydrogen-bond acceptors (Lipinski definition) is 2. The molecule has 3 nitrogen and oxygen atoms in total. The summed E-state index contributed by atoms with van der Waals surface area (Å²) in [5, 5.41) is 16.3. The van der Waals surface area contributed by atoms with Crippen molar-refractivity contribution in [3.8, 4) is 6.07 Å². The van der Waals surface area contributed by atoms with Crippen LogP contribution in [-0.2, 0) is 18.3 Å². The molecule has 0 aliphatic heterocycles. The number of fused-ring (bicyclic) bond motifs is 1. The van der Waals surface area contributed by atoms with Gasteiger partial charge >= 0.3 is 0 Å². The zero-order valence-electron chi connectivity index (χ0n) is 8.02. The topological polar surface area (TPSA) is 52.5 Å². The van der Waals surface area contributed by atoms with E-state index < -0.39 is 5.41 Å². The number of nitrogens with one attached hydrogen (secondary N) is 1. The van der Waals surface area contributed by atoms with Crippen LogP contribution in [-0.4, -0.2) is 10.2 Å². The molecule has 1 aromatic rings. The highest BCUT2D eigenvalue weighted by Crippen LogP contribution is 2.30. The van der Waals surface area contributed by atoms with Crippen LogP contribution in [0.4, 0.5) is 0 Å². The van der Waals surface area contributed by atoms with E-state index >= 15 is 0 Å². The Kier molecular flexibility index (Phi) is 1.66. The Hall–Kier alpha value is -1.30. The zero-order chi connectivity index (χ0) is 9.47. The molecule has 0 unspecified atom stereocenters. The van der Waals surface area contributed by atoms with Crippen molar-refractivity contribution in [3.05, 3.63) is 17.0 Å². The van der Waals surface area contributed by atoms with Crippen molar-refractivity contribution < 1.29 is 0 Å². The molecule has 1 aromatic heterocycles. The first-order valence-corrected chi connectivity index (χ1v) is 4.63. The molecule has 2 rings (SSSR count). The van der Waals surface area contributed by atoms with Crippen molar-refractivity contribution in [1.82, 2.24) is 10.2 Å². The van der Waals surface area contributed by atoms with Gasteiger partial charge in [0.2, 0.25) is 0 Å². The number of aromatic amines is 1. The Morgan fingerprint density at radius 2 is 2.23 bits per heavy atom. The van der Waals surface area contributed by atoms with E-state index in [4.69, 9.17) is 5.26 Å². The maximum atomic E-state index is 8.99. The van der Waals surface area contributed by atoms with Gasteiger partial charge in [-0.3, -0.25) is 5.10 Å². The van der Waals surface area contributed by atoms with Gasteiger partial charge in [-0.05, 0) is 38.7 Å². The van der Waals surface area contributed by atoms with Crippen molar-refractivity contribution in [2.45, 2.75) is 38.5 Å². The third-order valence-electron chi connectivity index (χ3n) is 2.68. The summed E-state index contributed by atoms with van der Waals surface area (Å²) in [6.45, 7) is 3.84. The molecule has 1 aliphatic carbocycles. The summed E-state index contributed by atoms with van der Waals surface area (Å²) in [4.78, 5) is 0. The molecule has 0 atom stereocenters. The quantitative estimate of drug-likeness (QED) is 0.706. The van der Waals surface area contributed by atoms with Gasteiger partial charge in [0.1, 0.15) is 0 Å². The van der Waals surface area contributed by atoms with Gasteiger partial charge in [0, 0.05) is 5.69 Å². The first-order chi connectivity index (χ1) is 6.15. The molecule has 0 aromatic carbocycles. The maximum Gasteiger partial charge on any atom is 0.0958 e. The summed E-state index contributed by atoms with van der Waals surface area (Å²) in [7, 11) is 0. The molecule has 0 radical (unpaired) electrons. The fourth-order valence-corrected chi connectivity index (χ4v) is 1.89. The monoisotopic (exact) mass is 175 g/mol. The second-order valence-corrected chi connectivity index (χ2v) is 4.12. The lowest BCUT2D eigenvalue weighted by molar-refractivity contribution is 0.643. The molecule has 1 heterocycles. The van der Waals surface area contributed by atoms with Crippen LogP contribution >= 0.6 is 0 Å². The summed E-state index contributed by atoms with van der Waals surface area (Å²) in [6.07, 6.45) is 3.36. The van der Waals surface area contributed by atoms with Crippen LogP contribution in [0.1, 0.15) is 37.2 Å². The van der Waals surface area contributed by atoms with Gasteiger partial charge in [-0.2, -0.15) is 10.4 Å². The number of aryl methyl sites for hydroxylation is 1. The molecule has 0 fully saturated rings. The van der Waals surface area contributed by atoms with E-state index in [1.807, 2.05) is 13.8 Å². The summed E-state index contributed by atoms with van der Waals surface area (Å²) in [5.41, 5.74) is 3.02. The minimum Gasteiger partial charge on any atom is -0.282 e.